The van der Waals surface area contributed by atoms with Gasteiger partial charge >= 0.3 is 0 Å². The van der Waals surface area contributed by atoms with Crippen molar-refractivity contribution in [3.63, 3.8) is 0 Å². The Bertz CT molecular complexity index is 561. The van der Waals surface area contributed by atoms with Crippen LogP contribution < -0.4 is 5.73 Å². The molecule has 0 aliphatic heterocycles. The Morgan fingerprint density at radius 2 is 2.15 bits per heavy atom. The molecule has 1 aliphatic rings. The van der Waals surface area contributed by atoms with Crippen molar-refractivity contribution in [2.45, 2.75) is 57.1 Å². The van der Waals surface area contributed by atoms with Gasteiger partial charge in [-0.3, -0.25) is 0 Å². The second-order valence-electron chi connectivity index (χ2n) is 5.66. The first-order chi connectivity index (χ1) is 9.41. The van der Waals surface area contributed by atoms with E-state index in [1.54, 1.807) is 19.3 Å². The normalized spacial score (nSPS) is 17.6. The van der Waals surface area contributed by atoms with Crippen molar-refractivity contribution < 1.29 is 8.42 Å². The summed E-state index contributed by atoms with van der Waals surface area (Å²) in [6.07, 6.45) is 4.93. The van der Waals surface area contributed by atoms with Gasteiger partial charge in [0.25, 0.3) is 0 Å². The quantitative estimate of drug-likeness (QED) is 0.834. The molecule has 1 aromatic rings. The Kier molecular flexibility index (Phi) is 4.56. The minimum absolute atomic E-state index is 0.0656. The summed E-state index contributed by atoms with van der Waals surface area (Å²) in [6.45, 7) is 5.21. The van der Waals surface area contributed by atoms with Gasteiger partial charge in [-0.2, -0.15) is 4.31 Å². The van der Waals surface area contributed by atoms with Gasteiger partial charge in [0.2, 0.25) is 10.0 Å². The summed E-state index contributed by atoms with van der Waals surface area (Å²) >= 11 is 0. The molecule has 1 aromatic heterocycles. The van der Waals surface area contributed by atoms with Gasteiger partial charge in [0.05, 0.1) is 0 Å². The van der Waals surface area contributed by atoms with E-state index in [-0.39, 0.29) is 6.04 Å². The third-order valence-electron chi connectivity index (χ3n) is 4.19. The molecule has 2 rings (SSSR count). The largest absolute Gasteiger partial charge is 0.349 e. The maximum absolute atomic E-state index is 12.7. The number of rotatable bonds is 7. The molecular formula is C14H25N3O2S. The standard InChI is InChI=1S/C14H25N3O2S/c1-4-7-17-10-14(8-13(17)9-15)20(18,19)16(3)11(2)12-5-6-12/h8,10-12H,4-7,9,15H2,1-3H3. The molecule has 1 atom stereocenters. The molecule has 0 aromatic carbocycles. The highest BCUT2D eigenvalue weighted by Gasteiger charge is 2.36. The Labute approximate surface area is 121 Å². The zero-order valence-corrected chi connectivity index (χ0v) is 13.4. The number of aromatic nitrogens is 1. The Morgan fingerprint density at radius 1 is 1.50 bits per heavy atom. The van der Waals surface area contributed by atoms with Crippen LogP contribution in [-0.4, -0.2) is 30.4 Å². The highest BCUT2D eigenvalue weighted by Crippen LogP contribution is 2.36. The van der Waals surface area contributed by atoms with Crippen LogP contribution in [-0.2, 0) is 23.1 Å². The summed E-state index contributed by atoms with van der Waals surface area (Å²) in [6, 6.07) is 1.78. The monoisotopic (exact) mass is 299 g/mol. The number of aryl methyl sites for hydroxylation is 1. The van der Waals surface area contributed by atoms with Crippen LogP contribution in [0.25, 0.3) is 0 Å². The lowest BCUT2D eigenvalue weighted by Gasteiger charge is -2.23. The van der Waals surface area contributed by atoms with Crippen LogP contribution in [0, 0.1) is 5.92 Å². The highest BCUT2D eigenvalue weighted by molar-refractivity contribution is 7.89. The minimum atomic E-state index is -3.42. The molecule has 1 saturated carbocycles. The SMILES string of the molecule is CCCn1cc(S(=O)(=O)N(C)C(C)C2CC2)cc1CN. The van der Waals surface area contributed by atoms with Crippen LogP contribution in [0.4, 0.5) is 0 Å². The lowest BCUT2D eigenvalue weighted by Crippen LogP contribution is -2.36. The van der Waals surface area contributed by atoms with E-state index in [0.717, 1.165) is 31.5 Å². The first-order valence-corrected chi connectivity index (χ1v) is 8.73. The molecule has 5 nitrogen and oxygen atoms in total. The maximum Gasteiger partial charge on any atom is 0.244 e. The van der Waals surface area contributed by atoms with E-state index in [1.807, 2.05) is 11.5 Å². The predicted molar refractivity (Wildman–Crippen MR) is 79.7 cm³/mol. The maximum atomic E-state index is 12.7. The number of sulfonamides is 1. The van der Waals surface area contributed by atoms with E-state index in [2.05, 4.69) is 6.92 Å². The van der Waals surface area contributed by atoms with Crippen molar-refractivity contribution >= 4 is 10.0 Å². The minimum Gasteiger partial charge on any atom is -0.349 e. The summed E-state index contributed by atoms with van der Waals surface area (Å²) in [5, 5.41) is 0. The molecule has 20 heavy (non-hydrogen) atoms. The lowest BCUT2D eigenvalue weighted by molar-refractivity contribution is 0.357. The van der Waals surface area contributed by atoms with Crippen molar-refractivity contribution in [2.75, 3.05) is 7.05 Å². The van der Waals surface area contributed by atoms with Crippen molar-refractivity contribution in [3.05, 3.63) is 18.0 Å². The molecule has 2 N–H and O–H groups in total. The van der Waals surface area contributed by atoms with E-state index in [4.69, 9.17) is 5.73 Å². The van der Waals surface area contributed by atoms with Crippen LogP contribution in [0.15, 0.2) is 17.2 Å². The van der Waals surface area contributed by atoms with Crippen molar-refractivity contribution in [3.8, 4) is 0 Å². The fraction of sp³-hybridized carbons (Fsp3) is 0.714. The van der Waals surface area contributed by atoms with Crippen molar-refractivity contribution in [1.29, 1.82) is 0 Å². The van der Waals surface area contributed by atoms with Gasteiger partial charge in [0, 0.05) is 38.1 Å². The van der Waals surface area contributed by atoms with Gasteiger partial charge in [-0.05, 0) is 38.2 Å². The van der Waals surface area contributed by atoms with E-state index in [0.29, 0.717) is 17.4 Å². The Balaban J connectivity index is 2.28. The molecule has 0 radical (unpaired) electrons. The molecule has 0 amide bonds. The number of hydrogen-bond acceptors (Lipinski definition) is 3. The molecule has 114 valence electrons. The molecule has 1 fully saturated rings. The number of nitrogens with zero attached hydrogens (tertiary/aromatic N) is 2. The Hall–Kier alpha value is -0.850. The molecule has 1 heterocycles. The van der Waals surface area contributed by atoms with Gasteiger partial charge in [-0.25, -0.2) is 8.42 Å². The molecule has 1 aliphatic carbocycles. The van der Waals surface area contributed by atoms with E-state index < -0.39 is 10.0 Å². The average molecular weight is 299 g/mol. The second-order valence-corrected chi connectivity index (χ2v) is 7.66. The Morgan fingerprint density at radius 3 is 2.65 bits per heavy atom. The average Bonchev–Trinajstić information content (AvgIpc) is 3.18. The molecule has 6 heteroatoms. The van der Waals surface area contributed by atoms with Crippen molar-refractivity contribution in [1.82, 2.24) is 8.87 Å². The third kappa shape index (κ3) is 2.92. The van der Waals surface area contributed by atoms with E-state index >= 15 is 0 Å². The fourth-order valence-electron chi connectivity index (χ4n) is 2.55. The van der Waals surface area contributed by atoms with Crippen LogP contribution in [0.2, 0.25) is 0 Å². The first-order valence-electron chi connectivity index (χ1n) is 7.29. The number of nitrogens with two attached hydrogens (primary N) is 1. The zero-order valence-electron chi connectivity index (χ0n) is 12.5. The second kappa shape index (κ2) is 5.87. The zero-order chi connectivity index (χ0) is 14.9. The van der Waals surface area contributed by atoms with Gasteiger partial charge in [-0.1, -0.05) is 6.92 Å². The van der Waals surface area contributed by atoms with Gasteiger partial charge < -0.3 is 10.3 Å². The molecule has 1 unspecified atom stereocenters. The summed E-state index contributed by atoms with van der Waals surface area (Å²) in [5.74, 6) is 0.515. The van der Waals surface area contributed by atoms with E-state index in [9.17, 15) is 8.42 Å². The summed E-state index contributed by atoms with van der Waals surface area (Å²) in [5.41, 5.74) is 6.58. The predicted octanol–water partition coefficient (Wildman–Crippen LogP) is 1.78. The third-order valence-corrected chi connectivity index (χ3v) is 6.10. The highest BCUT2D eigenvalue weighted by atomic mass is 32.2. The van der Waals surface area contributed by atoms with Crippen molar-refractivity contribution in [2.24, 2.45) is 11.7 Å². The van der Waals surface area contributed by atoms with Crippen LogP contribution >= 0.6 is 0 Å². The van der Waals surface area contributed by atoms with Crippen LogP contribution in [0.5, 0.6) is 0 Å². The smallest absolute Gasteiger partial charge is 0.244 e. The molecule has 0 saturated heterocycles. The summed E-state index contributed by atoms with van der Waals surface area (Å²) in [7, 11) is -1.74. The molecule has 0 bridgehead atoms. The first kappa shape index (κ1) is 15.5. The fourth-order valence-corrected chi connectivity index (χ4v) is 4.04. The summed E-state index contributed by atoms with van der Waals surface area (Å²) in [4.78, 5) is 0.362. The lowest BCUT2D eigenvalue weighted by atomic mass is 10.2. The summed E-state index contributed by atoms with van der Waals surface area (Å²) < 4.78 is 28.8. The van der Waals surface area contributed by atoms with Crippen LogP contribution in [0.3, 0.4) is 0 Å². The van der Waals surface area contributed by atoms with Gasteiger partial charge in [0.15, 0.2) is 0 Å². The molecule has 0 spiro atoms. The van der Waals surface area contributed by atoms with Crippen LogP contribution in [0.1, 0.15) is 38.8 Å². The number of hydrogen-bond donors (Lipinski definition) is 1. The molecular weight excluding hydrogens is 274 g/mol. The van der Waals surface area contributed by atoms with Gasteiger partial charge in [0.1, 0.15) is 4.90 Å². The topological polar surface area (TPSA) is 68.3 Å². The van der Waals surface area contributed by atoms with Gasteiger partial charge in [-0.15, -0.1) is 0 Å². The van der Waals surface area contributed by atoms with E-state index in [1.165, 1.54) is 4.31 Å².